The highest BCUT2D eigenvalue weighted by Gasteiger charge is 2.15. The summed E-state index contributed by atoms with van der Waals surface area (Å²) in [5.41, 5.74) is 0. The van der Waals surface area contributed by atoms with E-state index in [0.717, 1.165) is 0 Å². The maximum atomic E-state index is 10.1. The molecule has 1 aliphatic rings. The molecule has 0 atom stereocenters. The van der Waals surface area contributed by atoms with E-state index in [1.54, 1.807) is 0 Å². The van der Waals surface area contributed by atoms with Crippen LogP contribution >= 0.6 is 11.6 Å². The SMILES string of the molecule is O=C1CCC(=O)N1.O=S(=O)(O)CCCl. The van der Waals surface area contributed by atoms with Crippen molar-refractivity contribution < 1.29 is 22.6 Å². The summed E-state index contributed by atoms with van der Waals surface area (Å²) in [5, 5.41) is 2.14. The van der Waals surface area contributed by atoms with Crippen molar-refractivity contribution in [3.63, 3.8) is 0 Å². The molecular formula is C6H10ClNO5S. The van der Waals surface area contributed by atoms with E-state index in [-0.39, 0.29) is 23.4 Å². The van der Waals surface area contributed by atoms with E-state index in [4.69, 9.17) is 16.2 Å². The second kappa shape index (κ2) is 5.94. The standard InChI is InChI=1S/C4H5NO2.C2H5ClO3S/c6-3-1-2-4(7)5-3;3-1-2-7(4,5)6/h1-2H2,(H,5,6,7);1-2H2,(H,4,5,6). The van der Waals surface area contributed by atoms with Gasteiger partial charge in [-0.2, -0.15) is 8.42 Å². The number of hydrogen-bond donors (Lipinski definition) is 2. The molecule has 8 heteroatoms. The number of carbonyl (C=O) groups excluding carboxylic acids is 2. The van der Waals surface area contributed by atoms with Crippen LogP contribution in [0.1, 0.15) is 12.8 Å². The zero-order chi connectivity index (χ0) is 11.2. The Morgan fingerprint density at radius 3 is 1.79 bits per heavy atom. The van der Waals surface area contributed by atoms with Crippen molar-refractivity contribution >= 4 is 33.5 Å². The Balaban J connectivity index is 0.000000241. The lowest BCUT2D eigenvalue weighted by atomic mass is 10.4. The third-order valence-electron chi connectivity index (χ3n) is 1.19. The average Bonchev–Trinajstić information content (AvgIpc) is 2.33. The van der Waals surface area contributed by atoms with Crippen LogP contribution in [0.5, 0.6) is 0 Å². The van der Waals surface area contributed by atoms with Gasteiger partial charge in [-0.15, -0.1) is 11.6 Å². The monoisotopic (exact) mass is 243 g/mol. The Morgan fingerprint density at radius 2 is 1.71 bits per heavy atom. The van der Waals surface area contributed by atoms with Crippen LogP contribution in [-0.4, -0.2) is 36.4 Å². The van der Waals surface area contributed by atoms with Gasteiger partial charge in [0.2, 0.25) is 11.8 Å². The van der Waals surface area contributed by atoms with Gasteiger partial charge in [0.1, 0.15) is 0 Å². The molecule has 82 valence electrons. The van der Waals surface area contributed by atoms with Gasteiger partial charge in [0.25, 0.3) is 10.1 Å². The fraction of sp³-hybridized carbons (Fsp3) is 0.667. The third kappa shape index (κ3) is 7.96. The summed E-state index contributed by atoms with van der Waals surface area (Å²) in [6, 6.07) is 0. The third-order valence-corrected chi connectivity index (χ3v) is 2.33. The highest BCUT2D eigenvalue weighted by Crippen LogP contribution is 1.95. The highest BCUT2D eigenvalue weighted by atomic mass is 35.5. The molecule has 1 heterocycles. The summed E-state index contributed by atoms with van der Waals surface area (Å²) in [6.45, 7) is 0. The van der Waals surface area contributed by atoms with Crippen LogP contribution < -0.4 is 5.32 Å². The Kier molecular flexibility index (Phi) is 5.66. The first-order chi connectivity index (χ1) is 6.35. The Bertz CT molecular complexity index is 298. The molecule has 2 amide bonds. The minimum atomic E-state index is -3.81. The summed E-state index contributed by atoms with van der Waals surface area (Å²) in [6.07, 6.45) is 0.748. The zero-order valence-electron chi connectivity index (χ0n) is 7.19. The molecule has 0 radical (unpaired) electrons. The van der Waals surface area contributed by atoms with Crippen molar-refractivity contribution in [2.75, 3.05) is 11.6 Å². The van der Waals surface area contributed by atoms with Gasteiger partial charge in [-0.05, 0) is 0 Å². The van der Waals surface area contributed by atoms with Gasteiger partial charge < -0.3 is 0 Å². The smallest absolute Gasteiger partial charge is 0.266 e. The largest absolute Gasteiger partial charge is 0.296 e. The van der Waals surface area contributed by atoms with E-state index in [9.17, 15) is 18.0 Å². The predicted molar refractivity (Wildman–Crippen MR) is 49.5 cm³/mol. The van der Waals surface area contributed by atoms with Crippen molar-refractivity contribution in [2.45, 2.75) is 12.8 Å². The van der Waals surface area contributed by atoms with Crippen LogP contribution in [0.25, 0.3) is 0 Å². The lowest BCUT2D eigenvalue weighted by Gasteiger charge is -1.84. The summed E-state index contributed by atoms with van der Waals surface area (Å²) >= 11 is 4.95. The first kappa shape index (κ1) is 13.3. The van der Waals surface area contributed by atoms with Gasteiger partial charge in [0, 0.05) is 18.7 Å². The molecule has 1 saturated heterocycles. The number of amides is 2. The first-order valence-corrected chi connectivity index (χ1v) is 5.83. The van der Waals surface area contributed by atoms with Crippen LogP contribution in [0, 0.1) is 0 Å². The zero-order valence-corrected chi connectivity index (χ0v) is 8.77. The molecule has 6 nitrogen and oxygen atoms in total. The summed E-state index contributed by atoms with van der Waals surface area (Å²) in [4.78, 5) is 20.2. The molecular weight excluding hydrogens is 234 g/mol. The molecule has 0 aromatic heterocycles. The molecule has 2 N–H and O–H groups in total. The molecule has 0 aromatic rings. The fourth-order valence-electron chi connectivity index (χ4n) is 0.605. The van der Waals surface area contributed by atoms with Crippen molar-refractivity contribution in [1.82, 2.24) is 5.32 Å². The van der Waals surface area contributed by atoms with E-state index < -0.39 is 10.1 Å². The number of imide groups is 1. The lowest BCUT2D eigenvalue weighted by molar-refractivity contribution is -0.124. The first-order valence-electron chi connectivity index (χ1n) is 3.69. The summed E-state index contributed by atoms with van der Waals surface area (Å²) in [7, 11) is -3.81. The maximum Gasteiger partial charge on any atom is 0.266 e. The van der Waals surface area contributed by atoms with Crippen molar-refractivity contribution in [3.8, 4) is 0 Å². The number of hydrogen-bond acceptors (Lipinski definition) is 4. The topological polar surface area (TPSA) is 101 Å². The van der Waals surface area contributed by atoms with Crippen molar-refractivity contribution in [1.29, 1.82) is 0 Å². The minimum absolute atomic E-state index is 0.0567. The lowest BCUT2D eigenvalue weighted by Crippen LogP contribution is -2.18. The van der Waals surface area contributed by atoms with Crippen LogP contribution in [0.3, 0.4) is 0 Å². The number of nitrogens with one attached hydrogen (secondary N) is 1. The van der Waals surface area contributed by atoms with Gasteiger partial charge in [0.15, 0.2) is 0 Å². The van der Waals surface area contributed by atoms with Crippen molar-refractivity contribution in [2.24, 2.45) is 0 Å². The molecule has 0 saturated carbocycles. The number of carbonyl (C=O) groups is 2. The summed E-state index contributed by atoms with van der Waals surface area (Å²) < 4.78 is 27.3. The Morgan fingerprint density at radius 1 is 1.29 bits per heavy atom. The molecule has 0 aliphatic carbocycles. The van der Waals surface area contributed by atoms with E-state index in [0.29, 0.717) is 12.8 Å². The van der Waals surface area contributed by atoms with Gasteiger partial charge >= 0.3 is 0 Å². The van der Waals surface area contributed by atoms with Crippen molar-refractivity contribution in [3.05, 3.63) is 0 Å². The maximum absolute atomic E-state index is 10.1. The van der Waals surface area contributed by atoms with Crippen LogP contribution in [0.4, 0.5) is 0 Å². The molecule has 1 rings (SSSR count). The Labute approximate surface area is 86.4 Å². The van der Waals surface area contributed by atoms with E-state index in [1.165, 1.54) is 0 Å². The van der Waals surface area contributed by atoms with Crippen LogP contribution in [-0.2, 0) is 19.7 Å². The quantitative estimate of drug-likeness (QED) is 0.388. The fourth-order valence-corrected chi connectivity index (χ4v) is 1.39. The number of halogens is 1. The summed E-state index contributed by atoms with van der Waals surface area (Å²) in [5.74, 6) is -0.720. The molecule has 14 heavy (non-hydrogen) atoms. The van der Waals surface area contributed by atoms with Gasteiger partial charge in [-0.1, -0.05) is 0 Å². The normalized spacial score (nSPS) is 15.9. The minimum Gasteiger partial charge on any atom is -0.296 e. The second-order valence-corrected chi connectivity index (χ2v) is 4.40. The van der Waals surface area contributed by atoms with E-state index in [2.05, 4.69) is 5.32 Å². The average molecular weight is 244 g/mol. The van der Waals surface area contributed by atoms with E-state index >= 15 is 0 Å². The van der Waals surface area contributed by atoms with Gasteiger partial charge in [-0.3, -0.25) is 19.5 Å². The molecule has 0 unspecified atom stereocenters. The number of alkyl halides is 1. The molecule has 1 fully saturated rings. The molecule has 1 aliphatic heterocycles. The van der Waals surface area contributed by atoms with E-state index in [1.807, 2.05) is 0 Å². The molecule has 0 aromatic carbocycles. The van der Waals surface area contributed by atoms with Gasteiger partial charge in [0.05, 0.1) is 5.75 Å². The van der Waals surface area contributed by atoms with Crippen LogP contribution in [0.2, 0.25) is 0 Å². The predicted octanol–water partition coefficient (Wildman–Crippen LogP) is -0.464. The Hall–Kier alpha value is -0.660. The van der Waals surface area contributed by atoms with Gasteiger partial charge in [-0.25, -0.2) is 0 Å². The highest BCUT2D eigenvalue weighted by molar-refractivity contribution is 7.85. The van der Waals surface area contributed by atoms with Crippen LogP contribution in [0.15, 0.2) is 0 Å². The molecule has 0 bridgehead atoms. The second-order valence-electron chi connectivity index (χ2n) is 2.45. The molecule has 0 spiro atoms. The number of rotatable bonds is 2.